The Morgan fingerprint density at radius 3 is 1.38 bits per heavy atom. The Balaban J connectivity index is 1.27. The van der Waals surface area contributed by atoms with Crippen LogP contribution in [0.25, 0.3) is 20.9 Å². The Labute approximate surface area is 237 Å². The molecule has 1 saturated heterocycles. The maximum atomic E-state index is 5.65. The van der Waals surface area contributed by atoms with Crippen LogP contribution in [0.1, 0.15) is 17.5 Å². The molecule has 39 heavy (non-hydrogen) atoms. The van der Waals surface area contributed by atoms with Gasteiger partial charge in [-0.3, -0.25) is 0 Å². The van der Waals surface area contributed by atoms with Gasteiger partial charge in [-0.15, -0.1) is 0 Å². The molecule has 0 aliphatic carbocycles. The van der Waals surface area contributed by atoms with Crippen LogP contribution in [0.3, 0.4) is 0 Å². The lowest BCUT2D eigenvalue weighted by Gasteiger charge is -2.23. The highest BCUT2D eigenvalue weighted by molar-refractivity contribution is 7.18. The van der Waals surface area contributed by atoms with E-state index in [2.05, 4.69) is 34.1 Å². The maximum Gasteiger partial charge on any atom is 0.180 e. The van der Waals surface area contributed by atoms with Crippen molar-refractivity contribution in [1.29, 1.82) is 0 Å². The predicted octanol–water partition coefficient (Wildman–Crippen LogP) is 6.30. The molecule has 5 rings (SSSR count). The van der Waals surface area contributed by atoms with E-state index in [9.17, 15) is 0 Å². The van der Waals surface area contributed by atoms with Gasteiger partial charge in [0.2, 0.25) is 0 Å². The van der Waals surface area contributed by atoms with Crippen LogP contribution < -0.4 is 28.7 Å². The zero-order valence-electron chi connectivity index (χ0n) is 23.2. The number of anilines is 2. The molecule has 1 fully saturated rings. The fraction of sp³-hybridized carbons (Fsp3) is 0.379. The lowest BCUT2D eigenvalue weighted by molar-refractivity contribution is 0.401. The molecule has 8 nitrogen and oxygen atoms in total. The highest BCUT2D eigenvalue weighted by Crippen LogP contribution is 2.47. The highest BCUT2D eigenvalue weighted by atomic mass is 32.1. The van der Waals surface area contributed by atoms with Gasteiger partial charge >= 0.3 is 0 Å². The van der Waals surface area contributed by atoms with Gasteiger partial charge in [-0.25, -0.2) is 9.97 Å². The van der Waals surface area contributed by atoms with Gasteiger partial charge in [0.05, 0.1) is 38.2 Å². The number of thiophene rings is 2. The molecule has 4 aromatic heterocycles. The summed E-state index contributed by atoms with van der Waals surface area (Å²) in [6, 6.07) is 8.44. The summed E-state index contributed by atoms with van der Waals surface area (Å²) in [5.74, 6) is 3.67. The molecule has 0 bridgehead atoms. The number of nitrogens with zero attached hydrogens (tertiary/aromatic N) is 4. The Hall–Kier alpha value is -3.50. The molecule has 206 valence electrons. The number of hydrogen-bond acceptors (Lipinski definition) is 10. The van der Waals surface area contributed by atoms with Crippen molar-refractivity contribution >= 4 is 34.3 Å². The molecule has 4 aromatic rings. The predicted molar refractivity (Wildman–Crippen MR) is 160 cm³/mol. The minimum atomic E-state index is 0.849. The van der Waals surface area contributed by atoms with Gasteiger partial charge in [0.15, 0.2) is 10.1 Å². The van der Waals surface area contributed by atoms with Crippen LogP contribution in [0.15, 0.2) is 36.7 Å². The van der Waals surface area contributed by atoms with Gasteiger partial charge < -0.3 is 28.7 Å². The first-order valence-electron chi connectivity index (χ1n) is 12.8. The van der Waals surface area contributed by atoms with Crippen LogP contribution in [0.4, 0.5) is 11.6 Å². The number of hydrogen-bond donors (Lipinski definition) is 0. The van der Waals surface area contributed by atoms with Crippen LogP contribution in [-0.2, 0) is 0 Å². The fourth-order valence-corrected chi connectivity index (χ4v) is 7.17. The number of aromatic nitrogens is 2. The quantitative estimate of drug-likeness (QED) is 0.246. The molecule has 0 atom stereocenters. The normalized spacial score (nSPS) is 13.8. The van der Waals surface area contributed by atoms with Crippen molar-refractivity contribution < 1.29 is 18.9 Å². The summed E-state index contributed by atoms with van der Waals surface area (Å²) < 4.78 is 22.3. The second kappa shape index (κ2) is 11.7. The van der Waals surface area contributed by atoms with E-state index in [1.165, 1.54) is 0 Å². The highest BCUT2D eigenvalue weighted by Gasteiger charge is 2.22. The Kier molecular flexibility index (Phi) is 8.13. The van der Waals surface area contributed by atoms with Crippen LogP contribution in [0.2, 0.25) is 0 Å². The molecule has 0 saturated carbocycles. The monoisotopic (exact) mass is 566 g/mol. The second-order valence-electron chi connectivity index (χ2n) is 9.30. The first-order chi connectivity index (χ1) is 19.0. The molecule has 10 heteroatoms. The van der Waals surface area contributed by atoms with E-state index in [0.717, 1.165) is 97.9 Å². The number of ether oxygens (including phenoxy) is 4. The minimum Gasteiger partial charge on any atom is -0.495 e. The van der Waals surface area contributed by atoms with E-state index in [-0.39, 0.29) is 0 Å². The van der Waals surface area contributed by atoms with Crippen LogP contribution in [-0.4, -0.2) is 64.6 Å². The van der Waals surface area contributed by atoms with E-state index in [1.54, 1.807) is 51.1 Å². The molecule has 0 radical (unpaired) electrons. The second-order valence-corrected chi connectivity index (χ2v) is 11.3. The lowest BCUT2D eigenvalue weighted by Crippen LogP contribution is -2.31. The van der Waals surface area contributed by atoms with Crippen molar-refractivity contribution in [3.8, 4) is 42.5 Å². The third-order valence-electron chi connectivity index (χ3n) is 7.04. The van der Waals surface area contributed by atoms with Gasteiger partial charge in [0.1, 0.15) is 23.1 Å². The fourth-order valence-electron chi connectivity index (χ4n) is 5.01. The van der Waals surface area contributed by atoms with Crippen molar-refractivity contribution in [2.45, 2.75) is 20.3 Å². The van der Waals surface area contributed by atoms with E-state index in [4.69, 9.17) is 28.9 Å². The molecular weight excluding hydrogens is 532 g/mol. The van der Waals surface area contributed by atoms with E-state index >= 15 is 0 Å². The van der Waals surface area contributed by atoms with Crippen LogP contribution >= 0.6 is 22.7 Å². The number of pyridine rings is 2. The first-order valence-corrected chi connectivity index (χ1v) is 14.5. The number of methoxy groups -OCH3 is 4. The SMILES string of the molecule is COc1sc(-c2ccc(N3CCCN(c4ccc(-c5sc(OC)c(C)c5OC)cn4)CC3)nc2)c(OC)c1C. The van der Waals surface area contributed by atoms with Crippen molar-refractivity contribution in [3.63, 3.8) is 0 Å². The molecule has 0 N–H and O–H groups in total. The zero-order valence-corrected chi connectivity index (χ0v) is 24.9. The Morgan fingerprint density at radius 2 is 1.05 bits per heavy atom. The van der Waals surface area contributed by atoms with Crippen molar-refractivity contribution in [3.05, 3.63) is 47.8 Å². The third kappa shape index (κ3) is 5.23. The maximum absolute atomic E-state index is 5.65. The standard InChI is InChI=1S/C29H34N4O4S2/c1-18-24(34-3)26(38-28(18)36-5)20-8-10-22(30-16-20)32-12-7-13-33(15-14-32)23-11-9-21(17-31-23)27-25(35-4)19(2)29(37-6)39-27/h8-11,16-17H,7,12-15H2,1-6H3. The van der Waals surface area contributed by atoms with Gasteiger partial charge in [-0.2, -0.15) is 0 Å². The summed E-state index contributed by atoms with van der Waals surface area (Å²) >= 11 is 3.17. The molecule has 0 unspecified atom stereocenters. The summed E-state index contributed by atoms with van der Waals surface area (Å²) in [6.07, 6.45) is 4.89. The molecule has 1 aliphatic rings. The third-order valence-corrected chi connectivity index (χ3v) is 9.61. The lowest BCUT2D eigenvalue weighted by atomic mass is 10.2. The van der Waals surface area contributed by atoms with Crippen LogP contribution in [0, 0.1) is 13.8 Å². The minimum absolute atomic E-state index is 0.849. The Bertz CT molecular complexity index is 1310. The molecule has 5 heterocycles. The molecule has 1 aliphatic heterocycles. The average Bonchev–Trinajstić information content (AvgIpc) is 3.35. The van der Waals surface area contributed by atoms with Gasteiger partial charge in [-0.05, 0) is 44.5 Å². The van der Waals surface area contributed by atoms with Gasteiger partial charge in [-0.1, -0.05) is 22.7 Å². The van der Waals surface area contributed by atoms with Crippen LogP contribution in [0.5, 0.6) is 21.6 Å². The largest absolute Gasteiger partial charge is 0.495 e. The summed E-state index contributed by atoms with van der Waals surface area (Å²) in [5.41, 5.74) is 4.09. The Morgan fingerprint density at radius 1 is 0.615 bits per heavy atom. The van der Waals surface area contributed by atoms with Gasteiger partial charge in [0.25, 0.3) is 0 Å². The molecule has 0 spiro atoms. The van der Waals surface area contributed by atoms with E-state index in [0.29, 0.717) is 0 Å². The summed E-state index contributed by atoms with van der Waals surface area (Å²) in [6.45, 7) is 7.67. The van der Waals surface area contributed by atoms with Crippen molar-refractivity contribution in [2.24, 2.45) is 0 Å². The van der Waals surface area contributed by atoms with Crippen molar-refractivity contribution in [1.82, 2.24) is 9.97 Å². The van der Waals surface area contributed by atoms with E-state index < -0.39 is 0 Å². The molecular formula is C29H34N4O4S2. The smallest absolute Gasteiger partial charge is 0.180 e. The topological polar surface area (TPSA) is 69.2 Å². The summed E-state index contributed by atoms with van der Waals surface area (Å²) in [5, 5.41) is 1.73. The van der Waals surface area contributed by atoms with E-state index in [1.807, 2.05) is 26.2 Å². The summed E-state index contributed by atoms with van der Waals surface area (Å²) in [7, 11) is 6.77. The molecule has 0 amide bonds. The van der Waals surface area contributed by atoms with Crippen molar-refractivity contribution in [2.75, 3.05) is 64.4 Å². The molecule has 0 aromatic carbocycles. The average molecular weight is 567 g/mol. The summed E-state index contributed by atoms with van der Waals surface area (Å²) in [4.78, 5) is 16.4. The first kappa shape index (κ1) is 27.1. The zero-order chi connectivity index (χ0) is 27.5. The number of rotatable bonds is 8. The van der Waals surface area contributed by atoms with Gasteiger partial charge in [0, 0.05) is 60.8 Å².